The number of hydrogen-bond acceptors (Lipinski definition) is 4. The van der Waals surface area contributed by atoms with Gasteiger partial charge in [0.25, 0.3) is 5.91 Å². The molecule has 0 saturated carbocycles. The first-order valence-corrected chi connectivity index (χ1v) is 10.2. The summed E-state index contributed by atoms with van der Waals surface area (Å²) in [5, 5.41) is 2.78. The Morgan fingerprint density at radius 2 is 1.92 bits per heavy atom. The second-order valence-corrected chi connectivity index (χ2v) is 8.42. The van der Waals surface area contributed by atoms with Gasteiger partial charge < -0.3 is 10.2 Å². The van der Waals surface area contributed by atoms with Crippen LogP contribution in [-0.2, 0) is 14.6 Å². The fraction of sp³-hybridized carbons (Fsp3) is 0.263. The number of nitrogens with one attached hydrogen (secondary N) is 1. The highest BCUT2D eigenvalue weighted by atomic mass is 32.2. The van der Waals surface area contributed by atoms with Gasteiger partial charge in [-0.05, 0) is 49.2 Å². The second-order valence-electron chi connectivity index (χ2n) is 6.40. The minimum atomic E-state index is -3.40. The van der Waals surface area contributed by atoms with Gasteiger partial charge in [0.2, 0.25) is 5.91 Å². The Morgan fingerprint density at radius 1 is 1.15 bits per heavy atom. The smallest absolute Gasteiger partial charge is 0.255 e. The summed E-state index contributed by atoms with van der Waals surface area (Å²) in [6, 6.07) is 11.6. The van der Waals surface area contributed by atoms with Gasteiger partial charge in [-0.1, -0.05) is 12.1 Å². The lowest BCUT2D eigenvalue weighted by Crippen LogP contribution is -2.23. The van der Waals surface area contributed by atoms with Gasteiger partial charge in [-0.2, -0.15) is 0 Å². The summed E-state index contributed by atoms with van der Waals surface area (Å²) in [6.45, 7) is 2.42. The van der Waals surface area contributed by atoms with E-state index in [9.17, 15) is 18.0 Å². The first-order chi connectivity index (χ1) is 12.3. The summed E-state index contributed by atoms with van der Waals surface area (Å²) in [5.41, 5.74) is 2.28. The van der Waals surface area contributed by atoms with Gasteiger partial charge in [-0.3, -0.25) is 9.59 Å². The highest BCUT2D eigenvalue weighted by Crippen LogP contribution is 2.25. The topological polar surface area (TPSA) is 83.6 Å². The molecule has 2 aromatic rings. The largest absolute Gasteiger partial charge is 0.322 e. The van der Waals surface area contributed by atoms with Gasteiger partial charge >= 0.3 is 0 Å². The first-order valence-electron chi connectivity index (χ1n) is 8.28. The van der Waals surface area contributed by atoms with E-state index in [0.717, 1.165) is 18.4 Å². The summed E-state index contributed by atoms with van der Waals surface area (Å²) in [4.78, 5) is 26.3. The van der Waals surface area contributed by atoms with Gasteiger partial charge in [0.1, 0.15) is 0 Å². The number of benzene rings is 2. The van der Waals surface area contributed by atoms with Crippen molar-refractivity contribution in [3.05, 3.63) is 53.6 Å². The van der Waals surface area contributed by atoms with Crippen LogP contribution in [0.2, 0.25) is 0 Å². The third-order valence-electron chi connectivity index (χ3n) is 4.37. The van der Waals surface area contributed by atoms with E-state index in [1.165, 1.54) is 12.1 Å². The molecular formula is C19H20N2O4S. The Labute approximate surface area is 152 Å². The van der Waals surface area contributed by atoms with Crippen LogP contribution in [0.3, 0.4) is 0 Å². The molecule has 1 aliphatic rings. The Hall–Kier alpha value is -2.67. The van der Waals surface area contributed by atoms with Crippen molar-refractivity contribution < 1.29 is 18.0 Å². The minimum Gasteiger partial charge on any atom is -0.322 e. The molecule has 1 saturated heterocycles. The average molecular weight is 372 g/mol. The predicted molar refractivity (Wildman–Crippen MR) is 100 cm³/mol. The van der Waals surface area contributed by atoms with Crippen molar-refractivity contribution in [2.45, 2.75) is 24.7 Å². The summed E-state index contributed by atoms with van der Waals surface area (Å²) in [7, 11) is -3.40. The normalized spacial score (nSPS) is 14.5. The maximum atomic E-state index is 12.6. The van der Waals surface area contributed by atoms with Crippen LogP contribution >= 0.6 is 0 Å². The van der Waals surface area contributed by atoms with Crippen molar-refractivity contribution in [2.75, 3.05) is 23.0 Å². The number of rotatable bonds is 4. The molecule has 3 rings (SSSR count). The fourth-order valence-electron chi connectivity index (χ4n) is 2.95. The van der Waals surface area contributed by atoms with Crippen LogP contribution in [0.1, 0.15) is 28.8 Å². The molecule has 1 heterocycles. The van der Waals surface area contributed by atoms with Gasteiger partial charge in [0.15, 0.2) is 9.84 Å². The number of carbonyl (C=O) groups excluding carboxylic acids is 2. The highest BCUT2D eigenvalue weighted by molar-refractivity contribution is 7.90. The third kappa shape index (κ3) is 3.77. The molecule has 2 aromatic carbocycles. The molecule has 0 aliphatic carbocycles. The number of nitrogens with zero attached hydrogens (tertiary/aromatic N) is 1. The van der Waals surface area contributed by atoms with Crippen molar-refractivity contribution >= 4 is 33.0 Å². The van der Waals surface area contributed by atoms with Crippen molar-refractivity contribution in [1.29, 1.82) is 0 Å². The number of amides is 2. The Morgan fingerprint density at radius 3 is 2.58 bits per heavy atom. The van der Waals surface area contributed by atoms with Gasteiger partial charge in [-0.15, -0.1) is 0 Å². The lowest BCUT2D eigenvalue weighted by Gasteiger charge is -2.17. The average Bonchev–Trinajstić information content (AvgIpc) is 3.00. The van der Waals surface area contributed by atoms with Crippen molar-refractivity contribution in [3.8, 4) is 0 Å². The predicted octanol–water partition coefficient (Wildman–Crippen LogP) is 2.78. The van der Waals surface area contributed by atoms with Crippen molar-refractivity contribution in [1.82, 2.24) is 0 Å². The Kier molecular flexibility index (Phi) is 4.82. The molecule has 0 atom stereocenters. The third-order valence-corrected chi connectivity index (χ3v) is 5.48. The molecule has 2 amide bonds. The van der Waals surface area contributed by atoms with Gasteiger partial charge in [-0.25, -0.2) is 8.42 Å². The molecule has 26 heavy (non-hydrogen) atoms. The molecule has 0 radical (unpaired) electrons. The molecule has 7 heteroatoms. The van der Waals surface area contributed by atoms with E-state index < -0.39 is 15.7 Å². The fourth-order valence-corrected chi connectivity index (χ4v) is 3.59. The van der Waals surface area contributed by atoms with Gasteiger partial charge in [0.05, 0.1) is 4.90 Å². The van der Waals surface area contributed by atoms with Crippen LogP contribution in [0.4, 0.5) is 11.4 Å². The molecule has 0 bridgehead atoms. The van der Waals surface area contributed by atoms with Crippen LogP contribution in [0, 0.1) is 6.92 Å². The van der Waals surface area contributed by atoms with E-state index in [2.05, 4.69) is 5.32 Å². The maximum absolute atomic E-state index is 12.6. The Balaban J connectivity index is 1.86. The first kappa shape index (κ1) is 18.1. The SMILES string of the molecule is Cc1ccc(S(C)(=O)=O)cc1C(=O)Nc1cccc(N2CCCC2=O)c1. The van der Waals surface area contributed by atoms with Crippen LogP contribution in [-0.4, -0.2) is 33.0 Å². The quantitative estimate of drug-likeness (QED) is 0.894. The van der Waals surface area contributed by atoms with Crippen molar-refractivity contribution in [2.24, 2.45) is 0 Å². The minimum absolute atomic E-state index is 0.0742. The summed E-state index contributed by atoms with van der Waals surface area (Å²) < 4.78 is 23.5. The zero-order valence-corrected chi connectivity index (χ0v) is 15.5. The summed E-state index contributed by atoms with van der Waals surface area (Å²) in [6.07, 6.45) is 2.47. The molecule has 0 aromatic heterocycles. The molecule has 136 valence electrons. The Bertz CT molecular complexity index is 983. The molecule has 0 unspecified atom stereocenters. The number of hydrogen-bond donors (Lipinski definition) is 1. The molecule has 0 spiro atoms. The number of aryl methyl sites for hydroxylation is 1. The second kappa shape index (κ2) is 6.92. The monoisotopic (exact) mass is 372 g/mol. The maximum Gasteiger partial charge on any atom is 0.255 e. The number of anilines is 2. The number of carbonyl (C=O) groups is 2. The van der Waals surface area contributed by atoms with Crippen LogP contribution in [0.25, 0.3) is 0 Å². The summed E-state index contributed by atoms with van der Waals surface area (Å²) in [5.74, 6) is -0.317. The molecule has 1 N–H and O–H groups in total. The van der Waals surface area contributed by atoms with E-state index in [1.54, 1.807) is 36.1 Å². The van der Waals surface area contributed by atoms with E-state index in [0.29, 0.717) is 29.8 Å². The van der Waals surface area contributed by atoms with E-state index in [4.69, 9.17) is 0 Å². The van der Waals surface area contributed by atoms with Gasteiger partial charge in [0, 0.05) is 36.2 Å². The molecule has 6 nitrogen and oxygen atoms in total. The zero-order valence-electron chi connectivity index (χ0n) is 14.7. The zero-order chi connectivity index (χ0) is 18.9. The van der Waals surface area contributed by atoms with Crippen LogP contribution in [0.5, 0.6) is 0 Å². The standard InChI is InChI=1S/C19H20N2O4S/c1-13-8-9-16(26(2,24)25)12-17(13)19(23)20-14-5-3-6-15(11-14)21-10-4-7-18(21)22/h3,5-6,8-9,11-12H,4,7,10H2,1-2H3,(H,20,23). The molecular weight excluding hydrogens is 352 g/mol. The van der Waals surface area contributed by atoms with E-state index in [-0.39, 0.29) is 10.8 Å². The van der Waals surface area contributed by atoms with Crippen LogP contribution in [0.15, 0.2) is 47.4 Å². The summed E-state index contributed by atoms with van der Waals surface area (Å²) >= 11 is 0. The van der Waals surface area contributed by atoms with Crippen molar-refractivity contribution in [3.63, 3.8) is 0 Å². The number of sulfone groups is 1. The molecule has 1 fully saturated rings. The lowest BCUT2D eigenvalue weighted by molar-refractivity contribution is -0.117. The van der Waals surface area contributed by atoms with Crippen LogP contribution < -0.4 is 10.2 Å². The lowest BCUT2D eigenvalue weighted by atomic mass is 10.1. The van der Waals surface area contributed by atoms with E-state index in [1.807, 2.05) is 6.07 Å². The van der Waals surface area contributed by atoms with E-state index >= 15 is 0 Å². The highest BCUT2D eigenvalue weighted by Gasteiger charge is 2.22. The molecule has 1 aliphatic heterocycles.